The number of carbonyl (C=O) groups excluding carboxylic acids is 3. The Morgan fingerprint density at radius 1 is 1.10 bits per heavy atom. The standard InChI is InChI=1S/C25H37ClO5/c1-5-30-21-12-24(3)15(10-20(21)31-22(29)13-26)6-7-16-18-9-8-17(14(2)27)25(18,4)11-19(28)23(16)24/h15-18,20-21,23H,5-13H2,1-4H3/t15-,16-,17+,18-,20-,21-,23+,24-,25+/m0/s1. The van der Waals surface area contributed by atoms with Gasteiger partial charge < -0.3 is 9.47 Å². The largest absolute Gasteiger partial charge is 0.459 e. The number of ether oxygens (including phenoxy) is 2. The molecule has 0 bridgehead atoms. The topological polar surface area (TPSA) is 69.7 Å². The zero-order valence-corrected chi connectivity index (χ0v) is 20.1. The quantitative estimate of drug-likeness (QED) is 0.451. The molecule has 0 aromatic carbocycles. The summed E-state index contributed by atoms with van der Waals surface area (Å²) in [6.07, 6.45) is 5.54. The molecule has 4 aliphatic rings. The molecule has 0 heterocycles. The van der Waals surface area contributed by atoms with Crippen molar-refractivity contribution in [1.29, 1.82) is 0 Å². The molecule has 4 rings (SSSR count). The van der Waals surface area contributed by atoms with E-state index in [4.69, 9.17) is 21.1 Å². The second-order valence-corrected chi connectivity index (χ2v) is 11.3. The summed E-state index contributed by atoms with van der Waals surface area (Å²) in [7, 11) is 0. The van der Waals surface area contributed by atoms with Gasteiger partial charge in [-0.15, -0.1) is 11.6 Å². The molecule has 0 amide bonds. The predicted octanol–water partition coefficient (Wildman–Crippen LogP) is 4.58. The highest BCUT2D eigenvalue weighted by Crippen LogP contribution is 2.66. The minimum absolute atomic E-state index is 0.0164. The highest BCUT2D eigenvalue weighted by molar-refractivity contribution is 6.26. The molecule has 6 heteroatoms. The van der Waals surface area contributed by atoms with Crippen molar-refractivity contribution in [2.45, 2.75) is 84.8 Å². The van der Waals surface area contributed by atoms with Crippen LogP contribution < -0.4 is 0 Å². The van der Waals surface area contributed by atoms with E-state index in [1.54, 1.807) is 6.92 Å². The van der Waals surface area contributed by atoms with Crippen LogP contribution in [0, 0.1) is 40.4 Å². The Morgan fingerprint density at radius 3 is 2.48 bits per heavy atom. The van der Waals surface area contributed by atoms with Crippen LogP contribution in [0.4, 0.5) is 0 Å². The van der Waals surface area contributed by atoms with Gasteiger partial charge in [0.2, 0.25) is 0 Å². The van der Waals surface area contributed by atoms with Gasteiger partial charge in [-0.2, -0.15) is 0 Å². The highest BCUT2D eigenvalue weighted by Gasteiger charge is 2.64. The molecular formula is C25H37ClO5. The van der Waals surface area contributed by atoms with E-state index >= 15 is 0 Å². The van der Waals surface area contributed by atoms with Crippen molar-refractivity contribution in [2.75, 3.05) is 12.5 Å². The van der Waals surface area contributed by atoms with E-state index in [1.807, 2.05) is 6.92 Å². The third kappa shape index (κ3) is 3.68. The molecule has 4 saturated carbocycles. The van der Waals surface area contributed by atoms with E-state index in [-0.39, 0.29) is 46.5 Å². The van der Waals surface area contributed by atoms with E-state index in [1.165, 1.54) is 0 Å². The number of hydrogen-bond acceptors (Lipinski definition) is 5. The van der Waals surface area contributed by atoms with Crippen LogP contribution in [0.2, 0.25) is 0 Å². The summed E-state index contributed by atoms with van der Waals surface area (Å²) in [5.74, 6) is 1.19. The molecule has 0 spiro atoms. The number of halogens is 1. The molecule has 4 fully saturated rings. The van der Waals surface area contributed by atoms with Crippen LogP contribution in [-0.4, -0.2) is 42.2 Å². The Kier molecular flexibility index (Phi) is 6.33. The summed E-state index contributed by atoms with van der Waals surface area (Å²) in [4.78, 5) is 38.0. The first-order chi connectivity index (χ1) is 14.7. The van der Waals surface area contributed by atoms with Crippen LogP contribution in [0.25, 0.3) is 0 Å². The lowest BCUT2D eigenvalue weighted by Crippen LogP contribution is -2.60. The van der Waals surface area contributed by atoms with E-state index in [0.29, 0.717) is 36.6 Å². The SMILES string of the molecule is CCO[C@H]1C[C@@]2(C)[C@@H](CC[C@H]3[C@@H]4CC[C@H](C(C)=O)[C@@]4(C)CC(=O)[C@@H]32)C[C@@H]1OC(=O)CCl. The van der Waals surface area contributed by atoms with Crippen LogP contribution >= 0.6 is 11.6 Å². The summed E-state index contributed by atoms with van der Waals surface area (Å²) >= 11 is 5.69. The first-order valence-electron chi connectivity index (χ1n) is 12.1. The van der Waals surface area contributed by atoms with E-state index in [0.717, 1.165) is 38.5 Å². The molecule has 0 N–H and O–H groups in total. The number of fused-ring (bicyclic) bond motifs is 5. The third-order valence-corrected chi connectivity index (χ3v) is 9.80. The number of hydrogen-bond donors (Lipinski definition) is 0. The van der Waals surface area contributed by atoms with Gasteiger partial charge in [0.15, 0.2) is 0 Å². The molecule has 5 nitrogen and oxygen atoms in total. The summed E-state index contributed by atoms with van der Waals surface area (Å²) in [6, 6.07) is 0. The zero-order chi connectivity index (χ0) is 22.6. The van der Waals surface area contributed by atoms with Gasteiger partial charge in [0.05, 0.1) is 6.10 Å². The van der Waals surface area contributed by atoms with Crippen molar-refractivity contribution in [3.8, 4) is 0 Å². The summed E-state index contributed by atoms with van der Waals surface area (Å²) in [5.41, 5.74) is -0.334. The van der Waals surface area contributed by atoms with E-state index in [9.17, 15) is 14.4 Å². The minimum atomic E-state index is -0.403. The number of alkyl halides is 1. The Labute approximate surface area is 190 Å². The number of ketones is 2. The molecule has 9 atom stereocenters. The first-order valence-corrected chi connectivity index (χ1v) is 12.6. The molecule has 0 aromatic heterocycles. The van der Waals surface area contributed by atoms with Crippen molar-refractivity contribution >= 4 is 29.1 Å². The molecule has 0 saturated heterocycles. The zero-order valence-electron chi connectivity index (χ0n) is 19.3. The highest BCUT2D eigenvalue weighted by atomic mass is 35.5. The fourth-order valence-electron chi connectivity index (χ4n) is 8.43. The Bertz CT molecular complexity index is 752. The van der Waals surface area contributed by atoms with Crippen molar-refractivity contribution in [2.24, 2.45) is 40.4 Å². The van der Waals surface area contributed by atoms with Gasteiger partial charge in [-0.3, -0.25) is 14.4 Å². The van der Waals surface area contributed by atoms with Crippen LogP contribution in [0.15, 0.2) is 0 Å². The summed E-state index contributed by atoms with van der Waals surface area (Å²) in [6.45, 7) is 8.67. The summed E-state index contributed by atoms with van der Waals surface area (Å²) < 4.78 is 11.7. The van der Waals surface area contributed by atoms with Gasteiger partial charge in [0.25, 0.3) is 0 Å². The number of rotatable bonds is 5. The van der Waals surface area contributed by atoms with Gasteiger partial charge in [-0.25, -0.2) is 0 Å². The molecule has 0 aromatic rings. The van der Waals surface area contributed by atoms with E-state index < -0.39 is 5.97 Å². The predicted molar refractivity (Wildman–Crippen MR) is 118 cm³/mol. The van der Waals surface area contributed by atoms with Gasteiger partial charge >= 0.3 is 5.97 Å². The van der Waals surface area contributed by atoms with Crippen LogP contribution in [0.5, 0.6) is 0 Å². The average molecular weight is 453 g/mol. The van der Waals surface area contributed by atoms with Crippen LogP contribution in [-0.2, 0) is 23.9 Å². The second-order valence-electron chi connectivity index (χ2n) is 11.0. The van der Waals surface area contributed by atoms with Crippen molar-refractivity contribution in [3.63, 3.8) is 0 Å². The molecular weight excluding hydrogens is 416 g/mol. The molecule has 0 unspecified atom stereocenters. The lowest BCUT2D eigenvalue weighted by Gasteiger charge is -2.60. The number of carbonyl (C=O) groups is 3. The van der Waals surface area contributed by atoms with Gasteiger partial charge in [-0.05, 0) is 81.0 Å². The van der Waals surface area contributed by atoms with Crippen LogP contribution in [0.1, 0.15) is 72.6 Å². The molecule has 0 aliphatic heterocycles. The van der Waals surface area contributed by atoms with Gasteiger partial charge in [-0.1, -0.05) is 13.8 Å². The Balaban J connectivity index is 1.62. The molecule has 174 valence electrons. The smallest absolute Gasteiger partial charge is 0.321 e. The lowest BCUT2D eigenvalue weighted by atomic mass is 9.44. The number of esters is 1. The second kappa shape index (κ2) is 8.44. The minimum Gasteiger partial charge on any atom is -0.459 e. The fourth-order valence-corrected chi connectivity index (χ4v) is 8.49. The maximum atomic E-state index is 13.7. The maximum absolute atomic E-state index is 13.7. The normalized spacial score (nSPS) is 46.6. The van der Waals surface area contributed by atoms with Gasteiger partial charge in [0, 0.05) is 24.9 Å². The molecule has 0 radical (unpaired) electrons. The Hall–Kier alpha value is -0.940. The lowest BCUT2D eigenvalue weighted by molar-refractivity contribution is -0.191. The molecule has 4 aliphatic carbocycles. The first kappa shape index (κ1) is 23.2. The van der Waals surface area contributed by atoms with Crippen molar-refractivity contribution in [3.05, 3.63) is 0 Å². The van der Waals surface area contributed by atoms with E-state index in [2.05, 4.69) is 13.8 Å². The fraction of sp³-hybridized carbons (Fsp3) is 0.880. The summed E-state index contributed by atoms with van der Waals surface area (Å²) in [5, 5.41) is 0. The van der Waals surface area contributed by atoms with Gasteiger partial charge in [0.1, 0.15) is 23.6 Å². The Morgan fingerprint density at radius 2 is 1.84 bits per heavy atom. The third-order valence-electron chi connectivity index (χ3n) is 9.58. The maximum Gasteiger partial charge on any atom is 0.321 e. The van der Waals surface area contributed by atoms with Crippen LogP contribution in [0.3, 0.4) is 0 Å². The van der Waals surface area contributed by atoms with Crippen molar-refractivity contribution < 1.29 is 23.9 Å². The molecule has 31 heavy (non-hydrogen) atoms. The number of Topliss-reactive ketones (excluding diaryl/α,β-unsaturated/α-hetero) is 2. The monoisotopic (exact) mass is 452 g/mol. The van der Waals surface area contributed by atoms with Crippen molar-refractivity contribution in [1.82, 2.24) is 0 Å². The average Bonchev–Trinajstić information content (AvgIpc) is 3.05.